The van der Waals surface area contributed by atoms with E-state index in [2.05, 4.69) is 31.1 Å². The first-order valence-corrected chi connectivity index (χ1v) is 6.87. The second kappa shape index (κ2) is 6.39. The molecule has 1 heterocycles. The van der Waals surface area contributed by atoms with E-state index in [1.165, 1.54) is 12.3 Å². The monoisotopic (exact) mass is 288 g/mol. The molecule has 0 radical (unpaired) electrons. The molecule has 100 valence electrons. The van der Waals surface area contributed by atoms with Crippen molar-refractivity contribution in [1.29, 1.82) is 0 Å². The molecule has 18 heavy (non-hydrogen) atoms. The first-order chi connectivity index (χ1) is 8.48. The summed E-state index contributed by atoms with van der Waals surface area (Å²) < 4.78 is 0. The number of nitrogens with zero attached hydrogens (tertiary/aromatic N) is 1. The van der Waals surface area contributed by atoms with E-state index in [1.807, 2.05) is 0 Å². The van der Waals surface area contributed by atoms with Gasteiger partial charge in [0.05, 0.1) is 10.6 Å². The molecule has 5 heteroatoms. The lowest BCUT2D eigenvalue weighted by Gasteiger charge is -2.31. The van der Waals surface area contributed by atoms with Gasteiger partial charge in [-0.25, -0.2) is 4.98 Å². The smallest absolute Gasteiger partial charge is 0.253 e. The van der Waals surface area contributed by atoms with E-state index >= 15 is 0 Å². The number of hydrogen-bond donors (Lipinski definition) is 1. The van der Waals surface area contributed by atoms with Gasteiger partial charge >= 0.3 is 0 Å². The van der Waals surface area contributed by atoms with Crippen LogP contribution in [0.5, 0.6) is 0 Å². The number of carbonyl (C=O) groups is 1. The van der Waals surface area contributed by atoms with E-state index in [4.69, 9.17) is 23.2 Å². The summed E-state index contributed by atoms with van der Waals surface area (Å²) in [6.07, 6.45) is 4.11. The lowest BCUT2D eigenvalue weighted by atomic mass is 9.89. The fourth-order valence-corrected chi connectivity index (χ4v) is 2.14. The highest BCUT2D eigenvalue weighted by atomic mass is 35.5. The van der Waals surface area contributed by atoms with Crippen molar-refractivity contribution in [3.8, 4) is 0 Å². The Bertz CT molecular complexity index is 423. The topological polar surface area (TPSA) is 42.0 Å². The Hall–Kier alpha value is -0.800. The van der Waals surface area contributed by atoms with Crippen LogP contribution in [0.2, 0.25) is 10.2 Å². The quantitative estimate of drug-likeness (QED) is 0.830. The number of hydrogen-bond acceptors (Lipinski definition) is 2. The standard InChI is InChI=1S/C13H18Cl2N2O/c1-4-13(5-2,6-3)17-12(18)9-7-10(14)11(15)16-8-9/h7-8H,4-6H2,1-3H3,(H,17,18). The zero-order chi connectivity index (χ0) is 13.8. The Morgan fingerprint density at radius 1 is 1.28 bits per heavy atom. The van der Waals surface area contributed by atoms with Crippen LogP contribution in [0, 0.1) is 0 Å². The van der Waals surface area contributed by atoms with Gasteiger partial charge in [-0.3, -0.25) is 4.79 Å². The van der Waals surface area contributed by atoms with Crippen molar-refractivity contribution < 1.29 is 4.79 Å². The molecule has 1 amide bonds. The van der Waals surface area contributed by atoms with Crippen molar-refractivity contribution >= 4 is 29.1 Å². The summed E-state index contributed by atoms with van der Waals surface area (Å²) in [5, 5.41) is 3.56. The van der Waals surface area contributed by atoms with Gasteiger partial charge in [-0.1, -0.05) is 44.0 Å². The summed E-state index contributed by atoms with van der Waals surface area (Å²) in [7, 11) is 0. The van der Waals surface area contributed by atoms with E-state index in [0.717, 1.165) is 19.3 Å². The highest BCUT2D eigenvalue weighted by Crippen LogP contribution is 2.22. The normalized spacial score (nSPS) is 11.4. The lowest BCUT2D eigenvalue weighted by Crippen LogP contribution is -2.47. The van der Waals surface area contributed by atoms with Crippen LogP contribution in [-0.2, 0) is 0 Å². The number of nitrogens with one attached hydrogen (secondary N) is 1. The van der Waals surface area contributed by atoms with Crippen LogP contribution in [0.1, 0.15) is 50.4 Å². The summed E-state index contributed by atoms with van der Waals surface area (Å²) in [6, 6.07) is 1.54. The number of aromatic nitrogens is 1. The second-order valence-corrected chi connectivity index (χ2v) is 5.06. The second-order valence-electron chi connectivity index (χ2n) is 4.29. The van der Waals surface area contributed by atoms with Crippen LogP contribution in [-0.4, -0.2) is 16.4 Å². The van der Waals surface area contributed by atoms with Gasteiger partial charge in [0.1, 0.15) is 5.15 Å². The van der Waals surface area contributed by atoms with Gasteiger partial charge in [-0.05, 0) is 25.3 Å². The molecule has 3 nitrogen and oxygen atoms in total. The molecule has 0 aromatic carbocycles. The van der Waals surface area contributed by atoms with E-state index in [0.29, 0.717) is 10.6 Å². The van der Waals surface area contributed by atoms with Crippen molar-refractivity contribution in [2.75, 3.05) is 0 Å². The largest absolute Gasteiger partial charge is 0.347 e. The van der Waals surface area contributed by atoms with Gasteiger partial charge in [-0.2, -0.15) is 0 Å². The summed E-state index contributed by atoms with van der Waals surface area (Å²) in [6.45, 7) is 6.21. The van der Waals surface area contributed by atoms with Crippen LogP contribution in [0.4, 0.5) is 0 Å². The molecular weight excluding hydrogens is 271 g/mol. The fourth-order valence-electron chi connectivity index (χ4n) is 1.87. The van der Waals surface area contributed by atoms with Gasteiger partial charge in [0, 0.05) is 11.7 Å². The molecule has 0 aliphatic heterocycles. The van der Waals surface area contributed by atoms with Crippen LogP contribution in [0.15, 0.2) is 12.3 Å². The summed E-state index contributed by atoms with van der Waals surface area (Å²) >= 11 is 11.6. The van der Waals surface area contributed by atoms with Gasteiger partial charge < -0.3 is 5.32 Å². The minimum absolute atomic E-state index is 0.161. The van der Waals surface area contributed by atoms with Gasteiger partial charge in [0.25, 0.3) is 5.91 Å². The number of rotatable bonds is 5. The number of carbonyl (C=O) groups excluding carboxylic acids is 1. The molecule has 0 fully saturated rings. The Balaban J connectivity index is 2.90. The maximum atomic E-state index is 12.1. The molecule has 1 aromatic rings. The van der Waals surface area contributed by atoms with Gasteiger partial charge in [0.2, 0.25) is 0 Å². The highest BCUT2D eigenvalue weighted by molar-refractivity contribution is 6.41. The van der Waals surface area contributed by atoms with E-state index in [9.17, 15) is 4.79 Å². The van der Waals surface area contributed by atoms with E-state index < -0.39 is 0 Å². The molecule has 0 atom stereocenters. The fraction of sp³-hybridized carbons (Fsp3) is 0.538. The maximum Gasteiger partial charge on any atom is 0.253 e. The van der Waals surface area contributed by atoms with Crippen molar-refractivity contribution in [1.82, 2.24) is 10.3 Å². The SMILES string of the molecule is CCC(CC)(CC)NC(=O)c1cnc(Cl)c(Cl)c1. The molecule has 1 aromatic heterocycles. The van der Waals surface area contributed by atoms with Crippen LogP contribution in [0.25, 0.3) is 0 Å². The van der Waals surface area contributed by atoms with Crippen LogP contribution in [0.3, 0.4) is 0 Å². The average Bonchev–Trinajstić information content (AvgIpc) is 2.39. The predicted molar refractivity (Wildman–Crippen MR) is 75.3 cm³/mol. The summed E-state index contributed by atoms with van der Waals surface area (Å²) in [5.41, 5.74) is 0.271. The van der Waals surface area contributed by atoms with Gasteiger partial charge in [-0.15, -0.1) is 0 Å². The van der Waals surface area contributed by atoms with Gasteiger partial charge in [0.15, 0.2) is 0 Å². The third-order valence-corrected chi connectivity index (χ3v) is 4.15. The van der Waals surface area contributed by atoms with E-state index in [-0.39, 0.29) is 16.6 Å². The number of pyridine rings is 1. The Morgan fingerprint density at radius 3 is 2.28 bits per heavy atom. The molecule has 0 unspecified atom stereocenters. The van der Waals surface area contributed by atoms with Crippen LogP contribution >= 0.6 is 23.2 Å². The van der Waals surface area contributed by atoms with Crippen molar-refractivity contribution in [3.63, 3.8) is 0 Å². The maximum absolute atomic E-state index is 12.1. The molecule has 0 spiro atoms. The first-order valence-electron chi connectivity index (χ1n) is 6.11. The summed E-state index contributed by atoms with van der Waals surface area (Å²) in [4.78, 5) is 16.0. The number of amides is 1. The molecule has 0 saturated carbocycles. The van der Waals surface area contributed by atoms with E-state index in [1.54, 1.807) is 0 Å². The number of halogens is 2. The molecule has 0 saturated heterocycles. The first kappa shape index (κ1) is 15.3. The minimum atomic E-state index is -0.163. The van der Waals surface area contributed by atoms with Crippen molar-refractivity contribution in [3.05, 3.63) is 28.0 Å². The summed E-state index contributed by atoms with van der Waals surface area (Å²) in [5.74, 6) is -0.161. The molecular formula is C13H18Cl2N2O. The third-order valence-electron chi connectivity index (χ3n) is 3.47. The molecule has 1 N–H and O–H groups in total. The Labute approximate surface area is 118 Å². The molecule has 0 aliphatic rings. The molecule has 0 aliphatic carbocycles. The zero-order valence-corrected chi connectivity index (χ0v) is 12.4. The molecule has 1 rings (SSSR count). The average molecular weight is 289 g/mol. The lowest BCUT2D eigenvalue weighted by molar-refractivity contribution is 0.0888. The van der Waals surface area contributed by atoms with Crippen molar-refractivity contribution in [2.24, 2.45) is 0 Å². The highest BCUT2D eigenvalue weighted by Gasteiger charge is 2.26. The third kappa shape index (κ3) is 3.36. The van der Waals surface area contributed by atoms with Crippen molar-refractivity contribution in [2.45, 2.75) is 45.6 Å². The van der Waals surface area contributed by atoms with Crippen LogP contribution < -0.4 is 5.32 Å². The molecule has 0 bridgehead atoms. The zero-order valence-electron chi connectivity index (χ0n) is 10.9. The predicted octanol–water partition coefficient (Wildman–Crippen LogP) is 4.09. The Morgan fingerprint density at radius 2 is 1.83 bits per heavy atom. The minimum Gasteiger partial charge on any atom is -0.347 e. The Kier molecular flexibility index (Phi) is 5.42.